The molecule has 3 rings (SSSR count). The Kier molecular flexibility index (Phi) is 18.2. The number of hydrogen-bond acceptors (Lipinski definition) is 7. The monoisotopic (exact) mass is 683 g/mol. The maximum atomic E-state index is 14.4. The van der Waals surface area contributed by atoms with E-state index in [9.17, 15) is 24.6 Å². The van der Waals surface area contributed by atoms with Gasteiger partial charge in [0.2, 0.25) is 11.8 Å². The lowest BCUT2D eigenvalue weighted by Crippen LogP contribution is -2.63. The van der Waals surface area contributed by atoms with Crippen LogP contribution in [0.15, 0.2) is 42.5 Å². The molecule has 3 unspecified atom stereocenters. The van der Waals surface area contributed by atoms with E-state index in [0.717, 1.165) is 46.9 Å². The fourth-order valence-electron chi connectivity index (χ4n) is 6.46. The van der Waals surface area contributed by atoms with Crippen LogP contribution < -0.4 is 16.0 Å². The molecule has 0 spiro atoms. The van der Waals surface area contributed by atoms with Crippen LogP contribution in [0.25, 0.3) is 10.8 Å². The summed E-state index contributed by atoms with van der Waals surface area (Å²) < 4.78 is 0. The van der Waals surface area contributed by atoms with Gasteiger partial charge in [0.05, 0.1) is 18.2 Å². The van der Waals surface area contributed by atoms with Crippen LogP contribution in [0.5, 0.6) is 0 Å². The van der Waals surface area contributed by atoms with Crippen LogP contribution in [-0.4, -0.2) is 102 Å². The minimum absolute atomic E-state index is 0.128. The lowest BCUT2D eigenvalue weighted by molar-refractivity contribution is -0.141. The van der Waals surface area contributed by atoms with Gasteiger partial charge >= 0.3 is 6.03 Å². The number of urea groups is 1. The first-order chi connectivity index (χ1) is 23.3. The minimum atomic E-state index is -1.26. The van der Waals surface area contributed by atoms with Crippen molar-refractivity contribution in [1.29, 1.82) is 0 Å². The van der Waals surface area contributed by atoms with Crippen molar-refractivity contribution < 1.29 is 24.6 Å². The van der Waals surface area contributed by atoms with E-state index in [1.165, 1.54) is 11.3 Å². The van der Waals surface area contributed by atoms with Gasteiger partial charge in [-0.2, -0.15) is 0 Å². The van der Waals surface area contributed by atoms with Crippen LogP contribution in [0.2, 0.25) is 0 Å². The van der Waals surface area contributed by atoms with Crippen molar-refractivity contribution in [3.63, 3.8) is 0 Å². The number of aliphatic hydroxyl groups excluding tert-OH is 2. The minimum Gasteiger partial charge on any atom is -0.390 e. The third-order valence-corrected chi connectivity index (χ3v) is 9.55. The predicted molar refractivity (Wildman–Crippen MR) is 199 cm³/mol. The number of nitrogens with one attached hydrogen (secondary N) is 3. The summed E-state index contributed by atoms with van der Waals surface area (Å²) in [6.07, 6.45) is 4.15. The number of carbonyl (C=O) groups is 3. The Bertz CT molecular complexity index is 1300. The summed E-state index contributed by atoms with van der Waals surface area (Å²) in [4.78, 5) is 45.0. The van der Waals surface area contributed by atoms with Crippen molar-refractivity contribution in [3.05, 3.63) is 48.0 Å². The average molecular weight is 684 g/mol. The second kappa shape index (κ2) is 21.2. The van der Waals surface area contributed by atoms with Gasteiger partial charge < -0.3 is 31.1 Å². The fourth-order valence-corrected chi connectivity index (χ4v) is 6.46. The highest BCUT2D eigenvalue weighted by atomic mass is 16.3. The van der Waals surface area contributed by atoms with Gasteiger partial charge in [0.15, 0.2) is 0 Å². The zero-order chi connectivity index (χ0) is 36.7. The second-order valence-electron chi connectivity index (χ2n) is 14.2. The number of rotatable bonds is 15. The first kappa shape index (κ1) is 42.1. The smallest absolute Gasteiger partial charge is 0.327 e. The molecule has 1 aliphatic rings. The number of hydrogen-bond donors (Lipinski definition) is 5. The van der Waals surface area contributed by atoms with Gasteiger partial charge in [0.25, 0.3) is 0 Å². The maximum Gasteiger partial charge on any atom is 0.327 e. The standard InChI is InChI=1S/C37H58N4O5.C2H7N/c1-8-25(5)33(41(37(46)40(7)9-2)36(45)26(6)38-30-17-11-10-12-18-30)35(44)39-31(34(43)32(42)21-24(3)4)23-27-19-20-28-15-13-14-16-29(28)22-27;1-3-2/h13-16,19-20,22,24-26,30-34,38,42-43H,8-12,17-18,21,23H2,1-7H3,(H,39,44);3H,1-2H3/t25?,26?,31-,32-,33?,34+;/m0./s1. The van der Waals surface area contributed by atoms with Gasteiger partial charge in [0.1, 0.15) is 12.1 Å². The summed E-state index contributed by atoms with van der Waals surface area (Å²) in [6.45, 7) is 11.7. The third kappa shape index (κ3) is 12.7. The van der Waals surface area contributed by atoms with E-state index in [1.54, 1.807) is 14.0 Å². The Morgan fingerprint density at radius 3 is 2.10 bits per heavy atom. The molecule has 49 heavy (non-hydrogen) atoms. The highest BCUT2D eigenvalue weighted by Crippen LogP contribution is 2.23. The Hall–Kier alpha value is -3.05. The van der Waals surface area contributed by atoms with Crippen LogP contribution in [0.4, 0.5) is 4.79 Å². The molecule has 6 atom stereocenters. The summed E-state index contributed by atoms with van der Waals surface area (Å²) >= 11 is 0. The SMILES string of the molecule is CCC(C)C(C(=O)N[C@@H](Cc1ccc2ccccc2c1)[C@@H](O)[C@@H](O)CC(C)C)N(C(=O)C(C)NC1CCCCC1)C(=O)N(C)CC.CNC. The van der Waals surface area contributed by atoms with Crippen molar-refractivity contribution in [1.82, 2.24) is 25.8 Å². The van der Waals surface area contributed by atoms with E-state index in [2.05, 4.69) is 16.0 Å². The van der Waals surface area contributed by atoms with Crippen LogP contribution in [-0.2, 0) is 16.0 Å². The first-order valence-electron chi connectivity index (χ1n) is 18.4. The van der Waals surface area contributed by atoms with Crippen molar-refractivity contribution in [2.45, 2.75) is 129 Å². The number of fused-ring (bicyclic) bond motifs is 1. The normalized spacial score (nSPS) is 17.2. The molecule has 276 valence electrons. The molecule has 0 saturated heterocycles. The Labute approximate surface area is 295 Å². The van der Waals surface area contributed by atoms with Crippen molar-refractivity contribution in [2.75, 3.05) is 27.7 Å². The molecular formula is C39H65N5O5. The summed E-state index contributed by atoms with van der Waals surface area (Å²) in [7, 11) is 5.38. The molecule has 2 aromatic carbocycles. The molecule has 10 heteroatoms. The molecular weight excluding hydrogens is 618 g/mol. The van der Waals surface area contributed by atoms with Gasteiger partial charge in [-0.1, -0.05) is 95.8 Å². The summed E-state index contributed by atoms with van der Waals surface area (Å²) in [5.74, 6) is -1.20. The lowest BCUT2D eigenvalue weighted by Gasteiger charge is -2.38. The third-order valence-electron chi connectivity index (χ3n) is 9.55. The largest absolute Gasteiger partial charge is 0.390 e. The van der Waals surface area contributed by atoms with Gasteiger partial charge in [-0.25, -0.2) is 9.69 Å². The van der Waals surface area contributed by atoms with Crippen LogP contribution in [0.1, 0.15) is 92.1 Å². The van der Waals surface area contributed by atoms with Crippen LogP contribution >= 0.6 is 0 Å². The number of imide groups is 1. The zero-order valence-corrected chi connectivity index (χ0v) is 31.5. The molecule has 1 fully saturated rings. The molecule has 0 radical (unpaired) electrons. The predicted octanol–water partition coefficient (Wildman–Crippen LogP) is 5.10. The van der Waals surface area contributed by atoms with Crippen LogP contribution in [0.3, 0.4) is 0 Å². The number of aliphatic hydroxyl groups is 2. The maximum absolute atomic E-state index is 14.4. The van der Waals surface area contributed by atoms with E-state index in [-0.39, 0.29) is 24.3 Å². The molecule has 10 nitrogen and oxygen atoms in total. The summed E-state index contributed by atoms with van der Waals surface area (Å²) in [5.41, 5.74) is 0.889. The molecule has 1 aliphatic carbocycles. The Balaban J connectivity index is 0.00000267. The van der Waals surface area contributed by atoms with Crippen LogP contribution in [0, 0.1) is 11.8 Å². The zero-order valence-electron chi connectivity index (χ0n) is 31.5. The highest BCUT2D eigenvalue weighted by Gasteiger charge is 2.42. The van der Waals surface area contributed by atoms with Gasteiger partial charge in [-0.15, -0.1) is 0 Å². The molecule has 1 saturated carbocycles. The second-order valence-corrected chi connectivity index (χ2v) is 14.2. The fraction of sp³-hybridized carbons (Fsp3) is 0.667. The molecule has 0 aromatic heterocycles. The quantitative estimate of drug-likeness (QED) is 0.177. The summed E-state index contributed by atoms with van der Waals surface area (Å²) in [5, 5.41) is 33.8. The van der Waals surface area contributed by atoms with Gasteiger partial charge in [0, 0.05) is 19.6 Å². The number of amides is 4. The van der Waals surface area contributed by atoms with Crippen molar-refractivity contribution in [3.8, 4) is 0 Å². The summed E-state index contributed by atoms with van der Waals surface area (Å²) in [6, 6.07) is 11.0. The lowest BCUT2D eigenvalue weighted by atomic mass is 9.91. The number of carbonyl (C=O) groups excluding carboxylic acids is 3. The first-order valence-corrected chi connectivity index (χ1v) is 18.4. The Morgan fingerprint density at radius 2 is 1.53 bits per heavy atom. The van der Waals surface area contributed by atoms with Gasteiger partial charge in [-0.05, 0) is 81.8 Å². The molecule has 5 N–H and O–H groups in total. The van der Waals surface area contributed by atoms with Crippen molar-refractivity contribution >= 4 is 28.6 Å². The topological polar surface area (TPSA) is 134 Å². The molecule has 0 heterocycles. The molecule has 0 aliphatic heterocycles. The molecule has 2 aromatic rings. The Morgan fingerprint density at radius 1 is 0.918 bits per heavy atom. The molecule has 4 amide bonds. The van der Waals surface area contributed by atoms with Crippen molar-refractivity contribution in [2.24, 2.45) is 11.8 Å². The number of benzene rings is 2. The highest BCUT2D eigenvalue weighted by molar-refractivity contribution is 6.01. The van der Waals surface area contributed by atoms with E-state index in [0.29, 0.717) is 19.4 Å². The van der Waals surface area contributed by atoms with E-state index >= 15 is 0 Å². The van der Waals surface area contributed by atoms with Gasteiger partial charge in [-0.3, -0.25) is 9.59 Å². The number of nitrogens with zero attached hydrogens (tertiary/aromatic N) is 2. The van der Waals surface area contributed by atoms with E-state index in [4.69, 9.17) is 0 Å². The molecule has 0 bridgehead atoms. The average Bonchev–Trinajstić information content (AvgIpc) is 3.08. The van der Waals surface area contributed by atoms with E-state index in [1.807, 2.05) is 91.2 Å². The van der Waals surface area contributed by atoms with E-state index < -0.39 is 48.2 Å².